The summed E-state index contributed by atoms with van der Waals surface area (Å²) in [7, 11) is 1.58. The van der Waals surface area contributed by atoms with Gasteiger partial charge in [-0.15, -0.1) is 0 Å². The molecule has 6 heteroatoms. The number of rotatable bonds is 6. The van der Waals surface area contributed by atoms with Crippen LogP contribution in [0.25, 0.3) is 0 Å². The molecule has 2 rings (SSSR count). The zero-order valence-electron chi connectivity index (χ0n) is 15.6. The predicted molar refractivity (Wildman–Crippen MR) is 103 cm³/mol. The molecule has 0 aliphatic heterocycles. The first kappa shape index (κ1) is 19.3. The molecule has 0 spiro atoms. The van der Waals surface area contributed by atoms with Gasteiger partial charge in [-0.1, -0.05) is 12.1 Å². The maximum Gasteiger partial charge on any atom is 0.319 e. The molecule has 0 saturated heterocycles. The molecule has 0 fully saturated rings. The topological polar surface area (TPSA) is 79.5 Å². The van der Waals surface area contributed by atoms with Gasteiger partial charge in [0.15, 0.2) is 0 Å². The Balaban J connectivity index is 1.94. The van der Waals surface area contributed by atoms with Gasteiger partial charge in [-0.3, -0.25) is 4.79 Å². The van der Waals surface area contributed by atoms with Crippen LogP contribution in [0.2, 0.25) is 0 Å². The third-order valence-corrected chi connectivity index (χ3v) is 3.69. The number of nitrogens with one attached hydrogen (secondary N) is 3. The van der Waals surface area contributed by atoms with Gasteiger partial charge in [0.1, 0.15) is 5.75 Å². The van der Waals surface area contributed by atoms with Crippen LogP contribution in [0.15, 0.2) is 42.5 Å². The lowest BCUT2D eigenvalue weighted by atomic mass is 10.1. The molecule has 0 aromatic heterocycles. The van der Waals surface area contributed by atoms with Gasteiger partial charge < -0.3 is 20.7 Å². The SMILES string of the molecule is CNC(=O)c1ccc(NC(=O)NCc2cccc(OC(C)C)c2)c(C)c1. The van der Waals surface area contributed by atoms with E-state index in [2.05, 4.69) is 16.0 Å². The minimum Gasteiger partial charge on any atom is -0.491 e. The summed E-state index contributed by atoms with van der Waals surface area (Å²) in [6.45, 7) is 6.16. The number of ether oxygens (including phenoxy) is 1. The molecule has 0 saturated carbocycles. The fourth-order valence-corrected chi connectivity index (χ4v) is 2.44. The van der Waals surface area contributed by atoms with Crippen LogP contribution in [0.1, 0.15) is 35.3 Å². The summed E-state index contributed by atoms with van der Waals surface area (Å²) in [5.74, 6) is 0.618. The molecule has 0 atom stereocenters. The van der Waals surface area contributed by atoms with Gasteiger partial charge >= 0.3 is 6.03 Å². The van der Waals surface area contributed by atoms with Crippen molar-refractivity contribution in [1.82, 2.24) is 10.6 Å². The highest BCUT2D eigenvalue weighted by molar-refractivity contribution is 5.96. The van der Waals surface area contributed by atoms with Crippen LogP contribution in [-0.4, -0.2) is 25.1 Å². The lowest BCUT2D eigenvalue weighted by Gasteiger charge is -2.13. The molecule has 0 unspecified atom stereocenters. The molecule has 2 aromatic carbocycles. The van der Waals surface area contributed by atoms with Crippen molar-refractivity contribution in [2.24, 2.45) is 0 Å². The van der Waals surface area contributed by atoms with E-state index in [4.69, 9.17) is 4.74 Å². The van der Waals surface area contributed by atoms with Crippen LogP contribution < -0.4 is 20.7 Å². The lowest BCUT2D eigenvalue weighted by molar-refractivity contribution is 0.0963. The Labute approximate surface area is 153 Å². The van der Waals surface area contributed by atoms with E-state index in [0.29, 0.717) is 17.8 Å². The summed E-state index contributed by atoms with van der Waals surface area (Å²) in [6.07, 6.45) is 0.0993. The Morgan fingerprint density at radius 2 is 1.88 bits per heavy atom. The number of anilines is 1. The molecule has 0 aliphatic carbocycles. The van der Waals surface area contributed by atoms with Crippen LogP contribution in [0.4, 0.5) is 10.5 Å². The molecule has 0 aliphatic rings. The van der Waals surface area contributed by atoms with Crippen molar-refractivity contribution in [2.45, 2.75) is 33.4 Å². The number of aryl methyl sites for hydroxylation is 1. The van der Waals surface area contributed by atoms with Crippen LogP contribution in [-0.2, 0) is 6.54 Å². The minimum atomic E-state index is -0.309. The van der Waals surface area contributed by atoms with Crippen molar-refractivity contribution >= 4 is 17.6 Å². The second-order valence-corrected chi connectivity index (χ2v) is 6.23. The van der Waals surface area contributed by atoms with Crippen LogP contribution in [0, 0.1) is 6.92 Å². The number of urea groups is 1. The first-order valence-electron chi connectivity index (χ1n) is 8.52. The van der Waals surface area contributed by atoms with Gasteiger partial charge in [-0.05, 0) is 62.2 Å². The van der Waals surface area contributed by atoms with E-state index in [1.165, 1.54) is 0 Å². The Morgan fingerprint density at radius 3 is 2.54 bits per heavy atom. The number of carbonyl (C=O) groups is 2. The highest BCUT2D eigenvalue weighted by atomic mass is 16.5. The van der Waals surface area contributed by atoms with Crippen molar-refractivity contribution in [3.05, 3.63) is 59.2 Å². The fraction of sp³-hybridized carbons (Fsp3) is 0.300. The zero-order valence-corrected chi connectivity index (χ0v) is 15.6. The molecule has 0 heterocycles. The molecule has 3 N–H and O–H groups in total. The molecule has 0 bridgehead atoms. The molecule has 3 amide bonds. The Morgan fingerprint density at radius 1 is 1.12 bits per heavy atom. The Hall–Kier alpha value is -3.02. The molecule has 2 aromatic rings. The maximum absolute atomic E-state index is 12.1. The summed E-state index contributed by atoms with van der Waals surface area (Å²) in [4.78, 5) is 23.8. The summed E-state index contributed by atoms with van der Waals surface area (Å²) in [5.41, 5.74) is 2.98. The number of carbonyl (C=O) groups excluding carboxylic acids is 2. The second-order valence-electron chi connectivity index (χ2n) is 6.23. The normalized spacial score (nSPS) is 10.3. The summed E-state index contributed by atoms with van der Waals surface area (Å²) in [5, 5.41) is 8.19. The van der Waals surface area contributed by atoms with Crippen molar-refractivity contribution in [1.29, 1.82) is 0 Å². The molecule has 26 heavy (non-hydrogen) atoms. The second kappa shape index (κ2) is 8.89. The summed E-state index contributed by atoms with van der Waals surface area (Å²) in [6, 6.07) is 12.4. The smallest absolute Gasteiger partial charge is 0.319 e. The molecule has 6 nitrogen and oxygen atoms in total. The summed E-state index contributed by atoms with van der Waals surface area (Å²) >= 11 is 0. The lowest BCUT2D eigenvalue weighted by Crippen LogP contribution is -2.28. The van der Waals surface area contributed by atoms with Gasteiger partial charge in [0.25, 0.3) is 5.91 Å². The van der Waals surface area contributed by atoms with E-state index in [9.17, 15) is 9.59 Å². The molecular weight excluding hydrogens is 330 g/mol. The average Bonchev–Trinajstić information content (AvgIpc) is 2.60. The predicted octanol–water partition coefficient (Wildman–Crippen LogP) is 3.46. The molecular formula is C20H25N3O3. The highest BCUT2D eigenvalue weighted by Gasteiger charge is 2.08. The van der Waals surface area contributed by atoms with Crippen molar-refractivity contribution in [2.75, 3.05) is 12.4 Å². The molecule has 0 radical (unpaired) electrons. The maximum atomic E-state index is 12.1. The highest BCUT2D eigenvalue weighted by Crippen LogP contribution is 2.17. The average molecular weight is 355 g/mol. The van der Waals surface area contributed by atoms with E-state index in [0.717, 1.165) is 16.9 Å². The third kappa shape index (κ3) is 5.51. The first-order chi connectivity index (χ1) is 12.4. The van der Waals surface area contributed by atoms with Crippen molar-refractivity contribution in [3.63, 3.8) is 0 Å². The fourth-order valence-electron chi connectivity index (χ4n) is 2.44. The number of hydrogen-bond acceptors (Lipinski definition) is 3. The largest absolute Gasteiger partial charge is 0.491 e. The Bertz CT molecular complexity index is 788. The van der Waals surface area contributed by atoms with Gasteiger partial charge in [-0.25, -0.2) is 4.79 Å². The van der Waals surface area contributed by atoms with E-state index in [1.807, 2.05) is 45.0 Å². The minimum absolute atomic E-state index is 0.0993. The monoisotopic (exact) mass is 355 g/mol. The van der Waals surface area contributed by atoms with Gasteiger partial charge in [0.2, 0.25) is 0 Å². The number of amides is 3. The van der Waals surface area contributed by atoms with Gasteiger partial charge in [-0.2, -0.15) is 0 Å². The van der Waals surface area contributed by atoms with E-state index in [-0.39, 0.29) is 18.0 Å². The van der Waals surface area contributed by atoms with Crippen molar-refractivity contribution < 1.29 is 14.3 Å². The van der Waals surface area contributed by atoms with Crippen LogP contribution in [0.5, 0.6) is 5.75 Å². The van der Waals surface area contributed by atoms with Gasteiger partial charge in [0.05, 0.1) is 6.10 Å². The number of benzene rings is 2. The number of hydrogen-bond donors (Lipinski definition) is 3. The third-order valence-electron chi connectivity index (χ3n) is 3.69. The Kier molecular flexibility index (Phi) is 6.60. The quantitative estimate of drug-likeness (QED) is 0.742. The van der Waals surface area contributed by atoms with E-state index in [1.54, 1.807) is 25.2 Å². The van der Waals surface area contributed by atoms with Crippen LogP contribution in [0.3, 0.4) is 0 Å². The van der Waals surface area contributed by atoms with E-state index < -0.39 is 0 Å². The van der Waals surface area contributed by atoms with Gasteiger partial charge in [0, 0.05) is 24.8 Å². The molecule has 138 valence electrons. The van der Waals surface area contributed by atoms with Crippen molar-refractivity contribution in [3.8, 4) is 5.75 Å². The summed E-state index contributed by atoms with van der Waals surface area (Å²) < 4.78 is 5.65. The standard InChI is InChI=1S/C20H25N3O3/c1-13(2)26-17-7-5-6-15(11-17)12-22-20(25)23-18-9-8-16(10-14(18)3)19(24)21-4/h5-11,13H,12H2,1-4H3,(H,21,24)(H2,22,23,25). The zero-order chi connectivity index (χ0) is 19.1. The van der Waals surface area contributed by atoms with E-state index >= 15 is 0 Å². The van der Waals surface area contributed by atoms with Crippen LogP contribution >= 0.6 is 0 Å². The first-order valence-corrected chi connectivity index (χ1v) is 8.52.